The zero-order valence-corrected chi connectivity index (χ0v) is 23.2. The van der Waals surface area contributed by atoms with Crippen LogP contribution in [0.3, 0.4) is 0 Å². The highest BCUT2D eigenvalue weighted by atomic mass is 16.3. The molecule has 0 aromatic heterocycles. The monoisotopic (exact) mass is 498 g/mol. The molecular weight excluding hydrogens is 448 g/mol. The van der Waals surface area contributed by atoms with Crippen LogP contribution >= 0.6 is 0 Å². The molecule has 0 aliphatic rings. The summed E-state index contributed by atoms with van der Waals surface area (Å²) in [5, 5.41) is 21.8. The van der Waals surface area contributed by atoms with Crippen LogP contribution in [0, 0.1) is 23.7 Å². The largest absolute Gasteiger partial charge is 0.390 e. The lowest BCUT2D eigenvalue weighted by Gasteiger charge is -2.29. The molecule has 0 fully saturated rings. The second-order valence-corrected chi connectivity index (χ2v) is 11.2. The van der Waals surface area contributed by atoms with Gasteiger partial charge in [-0.15, -0.1) is 0 Å². The Labute approximate surface area is 212 Å². The van der Waals surface area contributed by atoms with Gasteiger partial charge in [0, 0.05) is 13.0 Å². The van der Waals surface area contributed by atoms with Crippen LogP contribution in [0.1, 0.15) is 88.0 Å². The smallest absolute Gasteiger partial charge is 0.243 e. The van der Waals surface area contributed by atoms with Gasteiger partial charge in [0.1, 0.15) is 12.1 Å². The fraction of sp³-hybridized carbons (Fsp3) is 0.846. The van der Waals surface area contributed by atoms with E-state index >= 15 is 0 Å². The molecule has 1 unspecified atom stereocenters. The Morgan fingerprint density at radius 1 is 0.686 bits per heavy atom. The standard InChI is InChI=1S/C26H50N4O5/c1-15(2)10-11-27-25(34)19(9)28-23(33)14-21(31)20(12-16(3)4)29-26(35)24(18(7)8)30-22(32)13-17(5)6/h15-21,24,31H,10-14H2,1-9H3,(H,27,34)(H,28,33)(H,29,35)(H,30,32)/t19-,20?,21+,24+/m0/s1. The van der Waals surface area contributed by atoms with Crippen LogP contribution in [0.25, 0.3) is 0 Å². The number of hydrogen-bond donors (Lipinski definition) is 5. The molecule has 204 valence electrons. The number of rotatable bonds is 16. The van der Waals surface area contributed by atoms with E-state index in [1.165, 1.54) is 0 Å². The number of aliphatic hydroxyl groups is 1. The molecule has 0 aliphatic carbocycles. The third-order valence-electron chi connectivity index (χ3n) is 5.56. The van der Waals surface area contributed by atoms with Gasteiger partial charge in [0.05, 0.1) is 18.6 Å². The van der Waals surface area contributed by atoms with Crippen LogP contribution in [-0.4, -0.2) is 59.5 Å². The first-order chi connectivity index (χ1) is 16.1. The summed E-state index contributed by atoms with van der Waals surface area (Å²) in [7, 11) is 0. The third kappa shape index (κ3) is 14.8. The first-order valence-corrected chi connectivity index (χ1v) is 13.0. The maximum Gasteiger partial charge on any atom is 0.243 e. The number of carbonyl (C=O) groups excluding carboxylic acids is 4. The van der Waals surface area contributed by atoms with Crippen LogP contribution < -0.4 is 21.3 Å². The van der Waals surface area contributed by atoms with Crippen molar-refractivity contribution >= 4 is 23.6 Å². The molecule has 0 bridgehead atoms. The minimum atomic E-state index is -1.14. The van der Waals surface area contributed by atoms with Crippen molar-refractivity contribution in [1.29, 1.82) is 0 Å². The number of aliphatic hydroxyl groups excluding tert-OH is 1. The molecule has 0 heterocycles. The summed E-state index contributed by atoms with van der Waals surface area (Å²) in [6.07, 6.45) is 0.218. The summed E-state index contributed by atoms with van der Waals surface area (Å²) >= 11 is 0. The SMILES string of the molecule is CC(C)CCNC(=O)[C@H](C)NC(=O)C[C@@H](O)C(CC(C)C)NC(=O)[C@H](NC(=O)CC(C)C)C(C)C. The Morgan fingerprint density at radius 3 is 1.74 bits per heavy atom. The molecule has 0 aromatic rings. The van der Waals surface area contributed by atoms with Crippen molar-refractivity contribution in [3.05, 3.63) is 0 Å². The first kappa shape index (κ1) is 32.8. The van der Waals surface area contributed by atoms with Crippen LogP contribution in [-0.2, 0) is 19.2 Å². The Kier molecular flexibility index (Phi) is 15.5. The third-order valence-corrected chi connectivity index (χ3v) is 5.56. The van der Waals surface area contributed by atoms with Crippen LogP contribution in [0.4, 0.5) is 0 Å². The Balaban J connectivity index is 5.09. The lowest BCUT2D eigenvalue weighted by atomic mass is 9.95. The predicted molar refractivity (Wildman–Crippen MR) is 138 cm³/mol. The second kappa shape index (κ2) is 16.5. The zero-order chi connectivity index (χ0) is 27.3. The number of carbonyl (C=O) groups is 4. The first-order valence-electron chi connectivity index (χ1n) is 13.0. The van der Waals surface area contributed by atoms with E-state index < -0.39 is 30.1 Å². The maximum absolute atomic E-state index is 13.0. The molecule has 4 atom stereocenters. The average molecular weight is 499 g/mol. The molecule has 0 saturated heterocycles. The van der Waals surface area contributed by atoms with E-state index in [-0.39, 0.29) is 41.9 Å². The highest BCUT2D eigenvalue weighted by Crippen LogP contribution is 2.13. The fourth-order valence-electron chi connectivity index (χ4n) is 3.57. The fourth-order valence-corrected chi connectivity index (χ4v) is 3.57. The molecule has 35 heavy (non-hydrogen) atoms. The predicted octanol–water partition coefficient (Wildman–Crippen LogP) is 2.12. The van der Waals surface area contributed by atoms with Crippen LogP contribution in [0.5, 0.6) is 0 Å². The van der Waals surface area contributed by atoms with Gasteiger partial charge in [-0.2, -0.15) is 0 Å². The maximum atomic E-state index is 13.0. The van der Waals surface area contributed by atoms with Gasteiger partial charge in [-0.05, 0) is 43.4 Å². The highest BCUT2D eigenvalue weighted by Gasteiger charge is 2.30. The number of nitrogens with one attached hydrogen (secondary N) is 4. The van der Waals surface area contributed by atoms with E-state index in [9.17, 15) is 24.3 Å². The molecule has 5 N–H and O–H groups in total. The lowest BCUT2D eigenvalue weighted by molar-refractivity contribution is -0.132. The van der Waals surface area contributed by atoms with E-state index in [0.717, 1.165) is 6.42 Å². The molecule has 0 aromatic carbocycles. The quantitative estimate of drug-likeness (QED) is 0.222. The molecule has 9 nitrogen and oxygen atoms in total. The van der Waals surface area contributed by atoms with Gasteiger partial charge >= 0.3 is 0 Å². The summed E-state index contributed by atoms with van der Waals surface area (Å²) in [4.78, 5) is 49.9. The van der Waals surface area contributed by atoms with Crippen molar-refractivity contribution < 1.29 is 24.3 Å². The van der Waals surface area contributed by atoms with Crippen LogP contribution in [0.2, 0.25) is 0 Å². The van der Waals surface area contributed by atoms with Crippen LogP contribution in [0.15, 0.2) is 0 Å². The van der Waals surface area contributed by atoms with Gasteiger partial charge in [0.2, 0.25) is 23.6 Å². The zero-order valence-electron chi connectivity index (χ0n) is 23.2. The highest BCUT2D eigenvalue weighted by molar-refractivity contribution is 5.89. The molecule has 0 aliphatic heterocycles. The summed E-state index contributed by atoms with van der Waals surface area (Å²) in [5.41, 5.74) is 0. The summed E-state index contributed by atoms with van der Waals surface area (Å²) in [6.45, 7) is 17.7. The van der Waals surface area contributed by atoms with E-state index in [4.69, 9.17) is 0 Å². The van der Waals surface area contributed by atoms with E-state index in [2.05, 4.69) is 35.1 Å². The Bertz CT molecular complexity index is 679. The molecule has 9 heteroatoms. The van der Waals surface area contributed by atoms with Gasteiger partial charge < -0.3 is 26.4 Å². The van der Waals surface area contributed by atoms with Crippen molar-refractivity contribution in [2.75, 3.05) is 6.54 Å². The average Bonchev–Trinajstić information content (AvgIpc) is 2.69. The Morgan fingerprint density at radius 2 is 1.26 bits per heavy atom. The molecule has 0 radical (unpaired) electrons. The molecule has 0 saturated carbocycles. The van der Waals surface area contributed by atoms with Crippen molar-refractivity contribution in [1.82, 2.24) is 21.3 Å². The van der Waals surface area contributed by atoms with Crippen molar-refractivity contribution in [2.45, 2.75) is 112 Å². The summed E-state index contributed by atoms with van der Waals surface area (Å²) in [6, 6.07) is -2.15. The molecule has 0 spiro atoms. The van der Waals surface area contributed by atoms with Crippen molar-refractivity contribution in [2.24, 2.45) is 23.7 Å². The summed E-state index contributed by atoms with van der Waals surface area (Å²) < 4.78 is 0. The summed E-state index contributed by atoms with van der Waals surface area (Å²) in [5.74, 6) is -0.718. The number of hydrogen-bond acceptors (Lipinski definition) is 5. The van der Waals surface area contributed by atoms with Gasteiger partial charge in [0.15, 0.2) is 0 Å². The molecule has 4 amide bonds. The van der Waals surface area contributed by atoms with Gasteiger partial charge in [0.25, 0.3) is 0 Å². The van der Waals surface area contributed by atoms with E-state index in [1.54, 1.807) is 6.92 Å². The number of amides is 4. The molecular formula is C26H50N4O5. The topological polar surface area (TPSA) is 137 Å². The van der Waals surface area contributed by atoms with Gasteiger partial charge in [-0.25, -0.2) is 0 Å². The van der Waals surface area contributed by atoms with E-state index in [1.807, 2.05) is 41.5 Å². The van der Waals surface area contributed by atoms with Crippen molar-refractivity contribution in [3.8, 4) is 0 Å². The van der Waals surface area contributed by atoms with E-state index in [0.29, 0.717) is 25.3 Å². The van der Waals surface area contributed by atoms with Gasteiger partial charge in [-0.1, -0.05) is 55.4 Å². The molecule has 0 rings (SSSR count). The minimum Gasteiger partial charge on any atom is -0.390 e. The minimum absolute atomic E-state index is 0.150. The van der Waals surface area contributed by atoms with Crippen molar-refractivity contribution in [3.63, 3.8) is 0 Å². The Hall–Kier alpha value is -2.16. The normalized spacial score (nSPS) is 15.0. The second-order valence-electron chi connectivity index (χ2n) is 11.2. The lowest BCUT2D eigenvalue weighted by Crippen LogP contribution is -2.55. The van der Waals surface area contributed by atoms with Gasteiger partial charge in [-0.3, -0.25) is 19.2 Å².